The molecule has 94 valence electrons. The molecule has 1 unspecified atom stereocenters. The number of halogens is 1. The Hall–Kier alpha value is -0.810. The number of hydrogen-bond acceptors (Lipinski definition) is 4. The molecule has 17 heavy (non-hydrogen) atoms. The van der Waals surface area contributed by atoms with Crippen molar-refractivity contribution in [3.63, 3.8) is 0 Å². The molecule has 1 fully saturated rings. The van der Waals surface area contributed by atoms with Crippen molar-refractivity contribution in [3.05, 3.63) is 28.8 Å². The molecular weight excluding hydrogens is 240 g/mol. The van der Waals surface area contributed by atoms with Gasteiger partial charge >= 0.3 is 0 Å². The van der Waals surface area contributed by atoms with Gasteiger partial charge in [0.05, 0.1) is 36.6 Å². The fraction of sp³-hybridized carbons (Fsp3) is 0.500. The summed E-state index contributed by atoms with van der Waals surface area (Å²) in [6, 6.07) is 5.77. The van der Waals surface area contributed by atoms with E-state index in [9.17, 15) is 5.11 Å². The summed E-state index contributed by atoms with van der Waals surface area (Å²) >= 11 is 6.24. The third-order valence-electron chi connectivity index (χ3n) is 3.00. The van der Waals surface area contributed by atoms with Crippen LogP contribution in [0.15, 0.2) is 18.2 Å². The highest BCUT2D eigenvalue weighted by Gasteiger charge is 2.24. The average Bonchev–Trinajstić information content (AvgIpc) is 2.38. The van der Waals surface area contributed by atoms with E-state index >= 15 is 0 Å². The van der Waals surface area contributed by atoms with Crippen molar-refractivity contribution in [1.82, 2.24) is 0 Å². The van der Waals surface area contributed by atoms with Crippen LogP contribution in [0.5, 0.6) is 0 Å². The van der Waals surface area contributed by atoms with Gasteiger partial charge in [0, 0.05) is 13.1 Å². The Morgan fingerprint density at radius 3 is 3.00 bits per heavy atom. The standard InChI is InChI=1S/C12H17ClN2O2/c13-11-5-9(6-14)1-2-12(11)15-3-4-17-8-10(15)7-16/h1-2,5,10,16H,3-4,6-8,14H2. The van der Waals surface area contributed by atoms with Gasteiger partial charge in [-0.1, -0.05) is 17.7 Å². The minimum atomic E-state index is -0.0232. The van der Waals surface area contributed by atoms with Gasteiger partial charge in [-0.15, -0.1) is 0 Å². The lowest BCUT2D eigenvalue weighted by molar-refractivity contribution is 0.0727. The summed E-state index contributed by atoms with van der Waals surface area (Å²) in [5, 5.41) is 10.0. The quantitative estimate of drug-likeness (QED) is 0.847. The normalized spacial score (nSPS) is 20.6. The van der Waals surface area contributed by atoms with E-state index in [1.165, 1.54) is 0 Å². The molecule has 1 atom stereocenters. The maximum absolute atomic E-state index is 9.33. The zero-order chi connectivity index (χ0) is 12.3. The van der Waals surface area contributed by atoms with Crippen LogP contribution in [0.1, 0.15) is 5.56 Å². The molecule has 0 amide bonds. The lowest BCUT2D eigenvalue weighted by atomic mass is 10.1. The van der Waals surface area contributed by atoms with Gasteiger partial charge in [0.2, 0.25) is 0 Å². The van der Waals surface area contributed by atoms with E-state index in [0.29, 0.717) is 24.8 Å². The first-order chi connectivity index (χ1) is 8.26. The molecule has 0 aromatic heterocycles. The van der Waals surface area contributed by atoms with Gasteiger partial charge in [-0.3, -0.25) is 0 Å². The van der Waals surface area contributed by atoms with Gasteiger partial charge in [-0.2, -0.15) is 0 Å². The fourth-order valence-electron chi connectivity index (χ4n) is 2.03. The molecule has 0 bridgehead atoms. The highest BCUT2D eigenvalue weighted by atomic mass is 35.5. The molecule has 0 aliphatic carbocycles. The number of benzene rings is 1. The van der Waals surface area contributed by atoms with Crippen LogP contribution in [-0.4, -0.2) is 37.5 Å². The fourth-order valence-corrected chi connectivity index (χ4v) is 2.35. The average molecular weight is 257 g/mol. The smallest absolute Gasteiger partial charge is 0.0756 e. The molecule has 1 aliphatic rings. The summed E-state index contributed by atoms with van der Waals surface area (Å²) in [6.45, 7) is 2.48. The first-order valence-corrected chi connectivity index (χ1v) is 6.07. The van der Waals surface area contributed by atoms with Crippen LogP contribution in [0.25, 0.3) is 0 Å². The Morgan fingerprint density at radius 1 is 1.53 bits per heavy atom. The van der Waals surface area contributed by atoms with E-state index in [0.717, 1.165) is 17.8 Å². The van der Waals surface area contributed by atoms with Crippen LogP contribution in [0.3, 0.4) is 0 Å². The van der Waals surface area contributed by atoms with E-state index < -0.39 is 0 Å². The number of anilines is 1. The van der Waals surface area contributed by atoms with Crippen molar-refractivity contribution < 1.29 is 9.84 Å². The molecule has 0 spiro atoms. The Kier molecular flexibility index (Phi) is 4.23. The van der Waals surface area contributed by atoms with Crippen LogP contribution in [0.4, 0.5) is 5.69 Å². The number of hydrogen-bond donors (Lipinski definition) is 2. The second-order valence-corrected chi connectivity index (χ2v) is 4.50. The summed E-state index contributed by atoms with van der Waals surface area (Å²) in [7, 11) is 0. The number of rotatable bonds is 3. The predicted molar refractivity (Wildman–Crippen MR) is 68.4 cm³/mol. The van der Waals surface area contributed by atoms with E-state index in [2.05, 4.69) is 4.90 Å². The Morgan fingerprint density at radius 2 is 2.35 bits per heavy atom. The molecule has 2 rings (SSSR count). The van der Waals surface area contributed by atoms with E-state index in [4.69, 9.17) is 22.1 Å². The van der Waals surface area contributed by atoms with Crippen molar-refractivity contribution in [1.29, 1.82) is 0 Å². The minimum absolute atomic E-state index is 0.0232. The number of morpholine rings is 1. The SMILES string of the molecule is NCc1ccc(N2CCOCC2CO)c(Cl)c1. The zero-order valence-corrected chi connectivity index (χ0v) is 10.4. The van der Waals surface area contributed by atoms with E-state index in [1.807, 2.05) is 18.2 Å². The summed E-state index contributed by atoms with van der Waals surface area (Å²) in [5.41, 5.74) is 7.51. The van der Waals surface area contributed by atoms with Crippen molar-refractivity contribution in [2.24, 2.45) is 5.73 Å². The molecule has 1 heterocycles. The van der Waals surface area contributed by atoms with Crippen molar-refractivity contribution in [2.45, 2.75) is 12.6 Å². The van der Waals surface area contributed by atoms with Gasteiger partial charge in [0.25, 0.3) is 0 Å². The summed E-state index contributed by atoms with van der Waals surface area (Å²) in [4.78, 5) is 2.09. The number of aliphatic hydroxyl groups is 1. The first-order valence-electron chi connectivity index (χ1n) is 5.70. The topological polar surface area (TPSA) is 58.7 Å². The summed E-state index contributed by atoms with van der Waals surface area (Å²) in [5.74, 6) is 0. The number of nitrogens with zero attached hydrogens (tertiary/aromatic N) is 1. The molecule has 1 aromatic rings. The molecule has 4 nitrogen and oxygen atoms in total. The molecule has 1 aliphatic heterocycles. The van der Waals surface area contributed by atoms with E-state index in [1.54, 1.807) is 0 Å². The third-order valence-corrected chi connectivity index (χ3v) is 3.30. The maximum atomic E-state index is 9.33. The largest absolute Gasteiger partial charge is 0.394 e. The molecule has 5 heteroatoms. The lowest BCUT2D eigenvalue weighted by Crippen LogP contribution is -2.47. The van der Waals surface area contributed by atoms with Gasteiger partial charge < -0.3 is 20.5 Å². The van der Waals surface area contributed by atoms with Crippen LogP contribution in [0.2, 0.25) is 5.02 Å². The molecule has 1 aromatic carbocycles. The number of aliphatic hydroxyl groups excluding tert-OH is 1. The Labute approximate surface area is 106 Å². The predicted octanol–water partition coefficient (Wildman–Crippen LogP) is 0.996. The number of nitrogens with two attached hydrogens (primary N) is 1. The van der Waals surface area contributed by atoms with Gasteiger partial charge in [0.1, 0.15) is 0 Å². The molecule has 1 saturated heterocycles. The van der Waals surface area contributed by atoms with Gasteiger partial charge in [0.15, 0.2) is 0 Å². The Bertz CT molecular complexity index is 387. The lowest BCUT2D eigenvalue weighted by Gasteiger charge is -2.36. The molecule has 0 saturated carbocycles. The third kappa shape index (κ3) is 2.72. The van der Waals surface area contributed by atoms with Crippen LogP contribution in [-0.2, 0) is 11.3 Å². The summed E-state index contributed by atoms with van der Waals surface area (Å²) < 4.78 is 5.34. The zero-order valence-electron chi connectivity index (χ0n) is 9.60. The second-order valence-electron chi connectivity index (χ2n) is 4.09. The van der Waals surface area contributed by atoms with Crippen LogP contribution < -0.4 is 10.6 Å². The van der Waals surface area contributed by atoms with E-state index in [-0.39, 0.29) is 12.6 Å². The number of ether oxygens (including phenoxy) is 1. The molecule has 3 N–H and O–H groups in total. The van der Waals surface area contributed by atoms with Crippen molar-refractivity contribution >= 4 is 17.3 Å². The minimum Gasteiger partial charge on any atom is -0.394 e. The van der Waals surface area contributed by atoms with Gasteiger partial charge in [-0.25, -0.2) is 0 Å². The van der Waals surface area contributed by atoms with Gasteiger partial charge in [-0.05, 0) is 17.7 Å². The monoisotopic (exact) mass is 256 g/mol. The highest BCUT2D eigenvalue weighted by molar-refractivity contribution is 6.33. The second kappa shape index (κ2) is 5.69. The molecule has 0 radical (unpaired) electrons. The molecular formula is C12H17ClN2O2. The van der Waals surface area contributed by atoms with Crippen molar-refractivity contribution in [2.75, 3.05) is 31.3 Å². The van der Waals surface area contributed by atoms with Crippen LogP contribution in [0, 0.1) is 0 Å². The Balaban J connectivity index is 2.25. The van der Waals surface area contributed by atoms with Crippen LogP contribution >= 0.6 is 11.6 Å². The highest BCUT2D eigenvalue weighted by Crippen LogP contribution is 2.29. The van der Waals surface area contributed by atoms with Crippen molar-refractivity contribution in [3.8, 4) is 0 Å². The maximum Gasteiger partial charge on any atom is 0.0756 e. The first kappa shape index (κ1) is 12.6. The summed E-state index contributed by atoms with van der Waals surface area (Å²) in [6.07, 6.45) is 0.